The fraction of sp³-hybridized carbons (Fsp3) is 0.0702. The first kappa shape index (κ1) is 37.9. The summed E-state index contributed by atoms with van der Waals surface area (Å²) < 4.78 is 15.4. The molecule has 0 unspecified atom stereocenters. The van der Waals surface area contributed by atoms with Gasteiger partial charge in [0.25, 0.3) is 0 Å². The summed E-state index contributed by atoms with van der Waals surface area (Å²) in [5.74, 6) is 2.31. The zero-order valence-electron chi connectivity index (χ0n) is 35.3. The molecule has 0 bridgehead atoms. The second-order valence-electron chi connectivity index (χ2n) is 17.0. The molecule has 2 N–H and O–H groups in total. The predicted molar refractivity (Wildman–Crippen MR) is 261 cm³/mol. The van der Waals surface area contributed by atoms with Crippen LogP contribution in [-0.2, 0) is 5.41 Å². The number of pyridine rings is 1. The summed E-state index contributed by atoms with van der Waals surface area (Å²) in [6.45, 7) is 6.69. The van der Waals surface area contributed by atoms with Gasteiger partial charge in [-0.25, -0.2) is 4.98 Å². The van der Waals surface area contributed by atoms with Gasteiger partial charge in [-0.1, -0.05) is 142 Å². The Morgan fingerprint density at radius 3 is 1.90 bits per heavy atom. The number of furan rings is 1. The third-order valence-electron chi connectivity index (χ3n) is 11.8. The van der Waals surface area contributed by atoms with Crippen LogP contribution in [0.3, 0.4) is 0 Å². The molecule has 0 aliphatic carbocycles. The topological polar surface area (TPSA) is 64.2 Å². The average molecular weight is 817 g/mol. The fourth-order valence-corrected chi connectivity index (χ4v) is 8.71. The van der Waals surface area contributed by atoms with Gasteiger partial charge in [-0.05, 0) is 76.7 Å². The largest absolute Gasteiger partial charge is 0.457 e. The van der Waals surface area contributed by atoms with E-state index in [-0.39, 0.29) is 5.41 Å². The summed E-state index contributed by atoms with van der Waals surface area (Å²) in [4.78, 5) is 4.87. The molecule has 3 heterocycles. The van der Waals surface area contributed by atoms with Crippen molar-refractivity contribution in [1.29, 1.82) is 0 Å². The van der Waals surface area contributed by atoms with Crippen molar-refractivity contribution in [2.24, 2.45) is 0 Å². The van der Waals surface area contributed by atoms with Gasteiger partial charge in [-0.3, -0.25) is 4.57 Å². The lowest BCUT2D eigenvalue weighted by Gasteiger charge is -2.20. The zero-order valence-corrected chi connectivity index (χ0v) is 35.3. The monoisotopic (exact) mass is 816 g/mol. The molecule has 8 aromatic carbocycles. The lowest BCUT2D eigenvalue weighted by molar-refractivity contribution is 0.483. The van der Waals surface area contributed by atoms with Crippen LogP contribution in [0.5, 0.6) is 11.5 Å². The molecule has 0 atom stereocenters. The van der Waals surface area contributed by atoms with E-state index < -0.39 is 0 Å². The predicted octanol–water partition coefficient (Wildman–Crippen LogP) is 16.0. The number of nitrogens with zero attached hydrogens (tertiary/aromatic N) is 2. The first-order valence-corrected chi connectivity index (χ1v) is 21.4. The molecule has 0 saturated heterocycles. The van der Waals surface area contributed by atoms with Crippen molar-refractivity contribution >= 4 is 66.5 Å². The minimum Gasteiger partial charge on any atom is -0.457 e. The SMILES string of the molecule is CC(C)(C)c1ccnc(-n2c3ccccc3c3ccc(Oc4cccc(Nc5cc6oc7ccccc7c6cc5Nc5c(-c6ccccc6)cccc5-c5ccccc5)c4)cc32)c1. The van der Waals surface area contributed by atoms with Crippen molar-refractivity contribution in [2.45, 2.75) is 26.2 Å². The van der Waals surface area contributed by atoms with Crippen molar-refractivity contribution in [3.63, 3.8) is 0 Å². The van der Waals surface area contributed by atoms with Crippen molar-refractivity contribution in [3.8, 4) is 39.6 Å². The maximum atomic E-state index is 6.69. The molecule has 6 heteroatoms. The zero-order chi connectivity index (χ0) is 42.5. The van der Waals surface area contributed by atoms with Crippen LogP contribution in [0.1, 0.15) is 26.3 Å². The Morgan fingerprint density at radius 2 is 1.14 bits per heavy atom. The molecule has 3 aromatic heterocycles. The number of ether oxygens (including phenoxy) is 1. The van der Waals surface area contributed by atoms with Crippen molar-refractivity contribution < 1.29 is 9.15 Å². The lowest BCUT2D eigenvalue weighted by atomic mass is 9.88. The molecule has 304 valence electrons. The Labute approximate surface area is 366 Å². The average Bonchev–Trinajstić information content (AvgIpc) is 3.84. The van der Waals surface area contributed by atoms with E-state index in [0.29, 0.717) is 5.75 Å². The molecule has 11 aromatic rings. The minimum absolute atomic E-state index is 0.0177. The minimum atomic E-state index is -0.0177. The Morgan fingerprint density at radius 1 is 0.492 bits per heavy atom. The third-order valence-corrected chi connectivity index (χ3v) is 11.8. The highest BCUT2D eigenvalue weighted by atomic mass is 16.5. The number of benzene rings is 8. The Hall–Kier alpha value is -8.09. The first-order chi connectivity index (χ1) is 30.8. The fourth-order valence-electron chi connectivity index (χ4n) is 8.71. The molecule has 6 nitrogen and oxygen atoms in total. The van der Waals surface area contributed by atoms with Crippen LogP contribution in [0, 0.1) is 0 Å². The van der Waals surface area contributed by atoms with Gasteiger partial charge in [0, 0.05) is 62.8 Å². The first-order valence-electron chi connectivity index (χ1n) is 21.4. The summed E-state index contributed by atoms with van der Waals surface area (Å²) in [6.07, 6.45) is 1.91. The highest BCUT2D eigenvalue weighted by Gasteiger charge is 2.20. The molecule has 0 aliphatic heterocycles. The van der Waals surface area contributed by atoms with Gasteiger partial charge in [0.1, 0.15) is 28.5 Å². The highest BCUT2D eigenvalue weighted by molar-refractivity contribution is 6.10. The van der Waals surface area contributed by atoms with Crippen LogP contribution < -0.4 is 15.4 Å². The highest BCUT2D eigenvalue weighted by Crippen LogP contribution is 2.44. The van der Waals surface area contributed by atoms with Gasteiger partial charge < -0.3 is 19.8 Å². The van der Waals surface area contributed by atoms with E-state index in [1.54, 1.807) is 0 Å². The molecule has 0 radical (unpaired) electrons. The summed E-state index contributed by atoms with van der Waals surface area (Å²) in [5.41, 5.74) is 13.1. The quantitative estimate of drug-likeness (QED) is 0.152. The molecule has 0 saturated carbocycles. The molecule has 0 spiro atoms. The molecular formula is C57H44N4O2. The number of hydrogen-bond acceptors (Lipinski definition) is 5. The van der Waals surface area contributed by atoms with E-state index in [2.05, 4.69) is 194 Å². The molecule has 0 amide bonds. The van der Waals surface area contributed by atoms with Gasteiger partial charge in [0.05, 0.1) is 28.1 Å². The number of aromatic nitrogens is 2. The molecule has 0 fully saturated rings. The van der Waals surface area contributed by atoms with Crippen LogP contribution in [0.2, 0.25) is 0 Å². The van der Waals surface area contributed by atoms with Gasteiger partial charge >= 0.3 is 0 Å². The number of anilines is 4. The lowest BCUT2D eigenvalue weighted by Crippen LogP contribution is -2.12. The number of rotatable bonds is 9. The Balaban J connectivity index is 0.988. The van der Waals surface area contributed by atoms with Gasteiger partial charge in [-0.15, -0.1) is 0 Å². The molecule has 63 heavy (non-hydrogen) atoms. The van der Waals surface area contributed by atoms with Crippen LogP contribution in [0.25, 0.3) is 71.8 Å². The van der Waals surface area contributed by atoms with E-state index in [1.807, 2.05) is 42.6 Å². The Kier molecular flexibility index (Phi) is 9.27. The summed E-state index contributed by atoms with van der Waals surface area (Å²) >= 11 is 0. The molecule has 11 rings (SSSR count). The second kappa shape index (κ2) is 15.4. The molecular weight excluding hydrogens is 773 g/mol. The summed E-state index contributed by atoms with van der Waals surface area (Å²) in [7, 11) is 0. The maximum absolute atomic E-state index is 6.69. The van der Waals surface area contributed by atoms with Crippen LogP contribution in [-0.4, -0.2) is 9.55 Å². The van der Waals surface area contributed by atoms with E-state index in [9.17, 15) is 0 Å². The van der Waals surface area contributed by atoms with Crippen LogP contribution in [0.4, 0.5) is 22.7 Å². The normalized spacial score (nSPS) is 11.7. The van der Waals surface area contributed by atoms with Crippen molar-refractivity contribution in [1.82, 2.24) is 9.55 Å². The summed E-state index contributed by atoms with van der Waals surface area (Å²) in [5, 5.41) is 12.1. The van der Waals surface area contributed by atoms with Gasteiger partial charge in [0.15, 0.2) is 0 Å². The maximum Gasteiger partial charge on any atom is 0.137 e. The van der Waals surface area contributed by atoms with Crippen molar-refractivity contribution in [3.05, 3.63) is 206 Å². The van der Waals surface area contributed by atoms with Gasteiger partial charge in [0.2, 0.25) is 0 Å². The molecule has 0 aliphatic rings. The standard InChI is InChI=1S/C57H44N4O2/c1-57(2,3)39-30-31-58-55(32-39)61-51-26-12-10-22-45(51)46-29-28-42(34-52(46)61)62-41-21-14-20-40(33-41)59-50-36-54-48(47-23-11-13-27-53(47)63-54)35-49(50)60-56-43(37-16-6-4-7-17-37)24-15-25-44(56)38-18-8-5-9-19-38/h4-36,59-60H,1-3H3. The summed E-state index contributed by atoms with van der Waals surface area (Å²) in [6, 6.07) is 67.3. The van der Waals surface area contributed by atoms with Crippen LogP contribution >= 0.6 is 0 Å². The van der Waals surface area contributed by atoms with E-state index in [1.165, 1.54) is 10.9 Å². The van der Waals surface area contributed by atoms with Crippen LogP contribution in [0.15, 0.2) is 205 Å². The smallest absolute Gasteiger partial charge is 0.137 e. The van der Waals surface area contributed by atoms with E-state index in [0.717, 1.165) is 94.9 Å². The van der Waals surface area contributed by atoms with E-state index in [4.69, 9.17) is 14.1 Å². The number of fused-ring (bicyclic) bond motifs is 6. The van der Waals surface area contributed by atoms with Gasteiger partial charge in [-0.2, -0.15) is 0 Å². The third kappa shape index (κ3) is 7.11. The Bertz CT molecular complexity index is 3410. The van der Waals surface area contributed by atoms with E-state index >= 15 is 0 Å². The number of nitrogens with one attached hydrogen (secondary N) is 2. The number of para-hydroxylation sites is 3. The number of hydrogen-bond donors (Lipinski definition) is 2. The van der Waals surface area contributed by atoms with Crippen molar-refractivity contribution in [2.75, 3.05) is 10.6 Å². The second-order valence-corrected chi connectivity index (χ2v) is 17.0.